The molecule has 0 aromatic rings. The van der Waals surface area contributed by atoms with E-state index in [1.54, 1.807) is 0 Å². The standard InChI is InChI=1S/C8H16N2O.C2H6/c1-11-8-4-7-5-9-2-3-10(7)6-8;1-2/h7-9H,2-6H2,1H3;1-2H3/t7-,8+;/m0./s1. The van der Waals surface area contributed by atoms with Gasteiger partial charge in [-0.3, -0.25) is 4.90 Å². The molecule has 0 spiro atoms. The van der Waals surface area contributed by atoms with Crippen LogP contribution < -0.4 is 5.32 Å². The molecule has 78 valence electrons. The molecule has 0 aromatic heterocycles. The van der Waals surface area contributed by atoms with Crippen molar-refractivity contribution in [3.63, 3.8) is 0 Å². The zero-order valence-electron chi connectivity index (χ0n) is 9.05. The monoisotopic (exact) mass is 186 g/mol. The molecule has 2 saturated heterocycles. The molecule has 0 radical (unpaired) electrons. The van der Waals surface area contributed by atoms with Crippen LogP contribution in [0.15, 0.2) is 0 Å². The molecule has 0 aromatic carbocycles. The molecule has 13 heavy (non-hydrogen) atoms. The SMILES string of the molecule is CC.CO[C@@H]1C[C@H]2CNCCN2C1. The summed E-state index contributed by atoms with van der Waals surface area (Å²) in [5.41, 5.74) is 0. The largest absolute Gasteiger partial charge is 0.380 e. The quantitative estimate of drug-likeness (QED) is 0.652. The number of nitrogens with one attached hydrogen (secondary N) is 1. The summed E-state index contributed by atoms with van der Waals surface area (Å²) in [6.07, 6.45) is 1.70. The topological polar surface area (TPSA) is 24.5 Å². The summed E-state index contributed by atoms with van der Waals surface area (Å²) in [4.78, 5) is 2.53. The van der Waals surface area contributed by atoms with Crippen molar-refractivity contribution >= 4 is 0 Å². The molecular formula is C10H22N2O. The first-order valence-electron chi connectivity index (χ1n) is 5.37. The summed E-state index contributed by atoms with van der Waals surface area (Å²) in [7, 11) is 1.82. The summed E-state index contributed by atoms with van der Waals surface area (Å²) < 4.78 is 5.33. The van der Waals surface area contributed by atoms with Crippen LogP contribution in [-0.2, 0) is 4.74 Å². The predicted molar refractivity (Wildman–Crippen MR) is 55.0 cm³/mol. The third-order valence-electron chi connectivity index (χ3n) is 2.78. The van der Waals surface area contributed by atoms with Gasteiger partial charge in [0, 0.05) is 39.3 Å². The van der Waals surface area contributed by atoms with Gasteiger partial charge in [-0.05, 0) is 6.42 Å². The molecule has 0 bridgehead atoms. The highest BCUT2D eigenvalue weighted by molar-refractivity contribution is 4.90. The Balaban J connectivity index is 0.000000396. The number of rotatable bonds is 1. The van der Waals surface area contributed by atoms with E-state index in [9.17, 15) is 0 Å². The van der Waals surface area contributed by atoms with E-state index in [0.717, 1.165) is 25.7 Å². The first kappa shape index (κ1) is 11.0. The van der Waals surface area contributed by atoms with Gasteiger partial charge in [-0.25, -0.2) is 0 Å². The zero-order valence-corrected chi connectivity index (χ0v) is 9.05. The molecule has 3 heteroatoms. The van der Waals surface area contributed by atoms with Gasteiger partial charge in [0.05, 0.1) is 6.10 Å². The van der Waals surface area contributed by atoms with Crippen molar-refractivity contribution in [1.29, 1.82) is 0 Å². The van der Waals surface area contributed by atoms with Gasteiger partial charge < -0.3 is 10.1 Å². The van der Waals surface area contributed by atoms with Gasteiger partial charge in [-0.2, -0.15) is 0 Å². The number of hydrogen-bond acceptors (Lipinski definition) is 3. The lowest BCUT2D eigenvalue weighted by molar-refractivity contribution is 0.108. The van der Waals surface area contributed by atoms with Crippen LogP contribution in [0, 0.1) is 0 Å². The van der Waals surface area contributed by atoms with Crippen LogP contribution in [0.3, 0.4) is 0 Å². The van der Waals surface area contributed by atoms with Crippen molar-refractivity contribution in [2.24, 2.45) is 0 Å². The Morgan fingerprint density at radius 2 is 2.15 bits per heavy atom. The number of nitrogens with zero attached hydrogens (tertiary/aromatic N) is 1. The Hall–Kier alpha value is -0.120. The molecule has 2 aliphatic heterocycles. The molecule has 2 heterocycles. The molecule has 0 amide bonds. The van der Waals surface area contributed by atoms with Crippen molar-refractivity contribution in [2.45, 2.75) is 32.4 Å². The van der Waals surface area contributed by atoms with Gasteiger partial charge in [0.15, 0.2) is 0 Å². The van der Waals surface area contributed by atoms with Crippen molar-refractivity contribution in [3.8, 4) is 0 Å². The van der Waals surface area contributed by atoms with Crippen LogP contribution >= 0.6 is 0 Å². The van der Waals surface area contributed by atoms with Gasteiger partial charge >= 0.3 is 0 Å². The average molecular weight is 186 g/mol. The summed E-state index contributed by atoms with van der Waals surface area (Å²) in [5.74, 6) is 0. The molecule has 3 nitrogen and oxygen atoms in total. The summed E-state index contributed by atoms with van der Waals surface area (Å²) in [6.45, 7) is 8.64. The van der Waals surface area contributed by atoms with E-state index < -0.39 is 0 Å². The highest BCUT2D eigenvalue weighted by atomic mass is 16.5. The highest BCUT2D eigenvalue weighted by Gasteiger charge is 2.33. The smallest absolute Gasteiger partial charge is 0.0713 e. The third kappa shape index (κ3) is 2.66. The molecule has 0 saturated carbocycles. The van der Waals surface area contributed by atoms with E-state index >= 15 is 0 Å². The van der Waals surface area contributed by atoms with E-state index in [0.29, 0.717) is 6.10 Å². The second-order valence-corrected chi connectivity index (χ2v) is 3.45. The molecule has 2 atom stereocenters. The fraction of sp³-hybridized carbons (Fsp3) is 1.00. The zero-order chi connectivity index (χ0) is 9.68. The molecule has 2 fully saturated rings. The lowest BCUT2D eigenvalue weighted by Crippen LogP contribution is -2.47. The van der Waals surface area contributed by atoms with E-state index in [2.05, 4.69) is 10.2 Å². The highest BCUT2D eigenvalue weighted by Crippen LogP contribution is 2.20. The Bertz CT molecular complexity index is 127. The Labute approximate surface area is 81.4 Å². The molecular weight excluding hydrogens is 164 g/mol. The first-order valence-corrected chi connectivity index (χ1v) is 5.37. The molecule has 2 aliphatic rings. The minimum Gasteiger partial charge on any atom is -0.380 e. The minimum absolute atomic E-state index is 0.486. The van der Waals surface area contributed by atoms with Gasteiger partial charge in [0.2, 0.25) is 0 Å². The van der Waals surface area contributed by atoms with E-state index in [-0.39, 0.29) is 0 Å². The number of ether oxygens (including phenoxy) is 1. The molecule has 2 rings (SSSR count). The Morgan fingerprint density at radius 1 is 1.38 bits per heavy atom. The molecule has 0 unspecified atom stereocenters. The maximum atomic E-state index is 5.33. The normalized spacial score (nSPS) is 33.5. The first-order chi connectivity index (χ1) is 6.40. The third-order valence-corrected chi connectivity index (χ3v) is 2.78. The van der Waals surface area contributed by atoms with Crippen LogP contribution in [0.2, 0.25) is 0 Å². The lowest BCUT2D eigenvalue weighted by atomic mass is 10.2. The maximum Gasteiger partial charge on any atom is 0.0713 e. The van der Waals surface area contributed by atoms with Crippen LogP contribution in [0.1, 0.15) is 20.3 Å². The number of methoxy groups -OCH3 is 1. The van der Waals surface area contributed by atoms with Gasteiger partial charge in [-0.15, -0.1) is 0 Å². The average Bonchev–Trinajstić information content (AvgIpc) is 2.63. The van der Waals surface area contributed by atoms with Crippen LogP contribution in [0.25, 0.3) is 0 Å². The van der Waals surface area contributed by atoms with Crippen molar-refractivity contribution in [2.75, 3.05) is 33.3 Å². The Morgan fingerprint density at radius 3 is 2.77 bits per heavy atom. The van der Waals surface area contributed by atoms with Gasteiger partial charge in [0.25, 0.3) is 0 Å². The maximum absolute atomic E-state index is 5.33. The van der Waals surface area contributed by atoms with Crippen molar-refractivity contribution < 1.29 is 4.74 Å². The van der Waals surface area contributed by atoms with Gasteiger partial charge in [-0.1, -0.05) is 13.8 Å². The number of fused-ring (bicyclic) bond motifs is 1. The van der Waals surface area contributed by atoms with E-state index in [1.807, 2.05) is 21.0 Å². The molecule has 1 N–H and O–H groups in total. The summed E-state index contributed by atoms with van der Waals surface area (Å²) in [5, 5.41) is 3.40. The Kier molecular flexibility index (Phi) is 4.70. The predicted octanol–water partition coefficient (Wildman–Crippen LogP) is 0.705. The minimum atomic E-state index is 0.486. The number of hydrogen-bond donors (Lipinski definition) is 1. The lowest BCUT2D eigenvalue weighted by Gasteiger charge is -2.29. The number of piperazine rings is 1. The fourth-order valence-electron chi connectivity index (χ4n) is 2.09. The van der Waals surface area contributed by atoms with Crippen LogP contribution in [0.5, 0.6) is 0 Å². The fourth-order valence-corrected chi connectivity index (χ4v) is 2.09. The van der Waals surface area contributed by atoms with E-state index in [4.69, 9.17) is 4.74 Å². The molecule has 0 aliphatic carbocycles. The van der Waals surface area contributed by atoms with Crippen LogP contribution in [0.4, 0.5) is 0 Å². The van der Waals surface area contributed by atoms with Gasteiger partial charge in [0.1, 0.15) is 0 Å². The second-order valence-electron chi connectivity index (χ2n) is 3.45. The van der Waals surface area contributed by atoms with Crippen molar-refractivity contribution in [3.05, 3.63) is 0 Å². The van der Waals surface area contributed by atoms with Crippen molar-refractivity contribution in [1.82, 2.24) is 10.2 Å². The van der Waals surface area contributed by atoms with E-state index in [1.165, 1.54) is 13.0 Å². The second kappa shape index (κ2) is 5.58. The summed E-state index contributed by atoms with van der Waals surface area (Å²) >= 11 is 0. The van der Waals surface area contributed by atoms with Crippen LogP contribution in [-0.4, -0.2) is 50.3 Å². The summed E-state index contributed by atoms with van der Waals surface area (Å²) in [6, 6.07) is 0.744.